The van der Waals surface area contributed by atoms with Crippen molar-refractivity contribution >= 4 is 23.6 Å². The van der Waals surface area contributed by atoms with Crippen LogP contribution in [0.25, 0.3) is 0 Å². The minimum absolute atomic E-state index is 0.0116. The van der Waals surface area contributed by atoms with Crippen molar-refractivity contribution in [3.05, 3.63) is 30.3 Å². The Morgan fingerprint density at radius 1 is 1.37 bits per heavy atom. The zero-order valence-corrected chi connectivity index (χ0v) is 17.0. The third-order valence-electron chi connectivity index (χ3n) is 4.87. The van der Waals surface area contributed by atoms with E-state index in [1.807, 2.05) is 36.3 Å². The fourth-order valence-electron chi connectivity index (χ4n) is 3.25. The Bertz CT molecular complexity index is 597. The van der Waals surface area contributed by atoms with Gasteiger partial charge in [0.15, 0.2) is 6.61 Å². The van der Waals surface area contributed by atoms with Crippen molar-refractivity contribution in [1.29, 1.82) is 0 Å². The maximum atomic E-state index is 13.0. The molecule has 3 unspecified atom stereocenters. The molecule has 0 saturated carbocycles. The highest BCUT2D eigenvalue weighted by Crippen LogP contribution is 2.20. The second-order valence-corrected chi connectivity index (χ2v) is 8.03. The van der Waals surface area contributed by atoms with Crippen molar-refractivity contribution in [2.75, 3.05) is 31.7 Å². The van der Waals surface area contributed by atoms with Gasteiger partial charge < -0.3 is 20.7 Å². The van der Waals surface area contributed by atoms with Crippen LogP contribution in [-0.4, -0.2) is 60.5 Å². The number of benzene rings is 1. The first-order valence-electron chi connectivity index (χ1n) is 9.51. The number of nitrogens with zero attached hydrogens (tertiary/aromatic N) is 1. The molecule has 1 saturated heterocycles. The molecule has 0 bridgehead atoms. The van der Waals surface area contributed by atoms with E-state index in [4.69, 9.17) is 10.5 Å². The quantitative estimate of drug-likeness (QED) is 0.669. The number of rotatable bonds is 9. The van der Waals surface area contributed by atoms with Crippen molar-refractivity contribution in [3.63, 3.8) is 0 Å². The standard InChI is InChI=1S/C20H31N3O3S/c1-15(21)16-7-6-11-23(13-16)20(25)18(10-12-27-2)22-19(24)14-26-17-8-4-3-5-9-17/h3-5,8-9,15-16,18H,6-7,10-14,21H2,1-2H3,(H,22,24). The highest BCUT2D eigenvalue weighted by atomic mass is 32.2. The van der Waals surface area contributed by atoms with E-state index < -0.39 is 6.04 Å². The topological polar surface area (TPSA) is 84.7 Å². The Balaban J connectivity index is 1.92. The van der Waals surface area contributed by atoms with E-state index in [1.165, 1.54) is 0 Å². The van der Waals surface area contributed by atoms with E-state index in [0.717, 1.165) is 25.1 Å². The van der Waals surface area contributed by atoms with Crippen molar-refractivity contribution in [3.8, 4) is 5.75 Å². The number of ether oxygens (including phenoxy) is 1. The number of carbonyl (C=O) groups is 2. The van der Waals surface area contributed by atoms with Gasteiger partial charge >= 0.3 is 0 Å². The van der Waals surface area contributed by atoms with E-state index in [1.54, 1.807) is 23.9 Å². The molecule has 0 spiro atoms. The van der Waals surface area contributed by atoms with Crippen LogP contribution in [0.1, 0.15) is 26.2 Å². The van der Waals surface area contributed by atoms with Crippen LogP contribution in [0.15, 0.2) is 30.3 Å². The normalized spacial score (nSPS) is 19.2. The molecule has 1 heterocycles. The maximum Gasteiger partial charge on any atom is 0.258 e. The number of nitrogens with two attached hydrogens (primary N) is 1. The Morgan fingerprint density at radius 3 is 2.78 bits per heavy atom. The van der Waals surface area contributed by atoms with Crippen LogP contribution in [0, 0.1) is 5.92 Å². The maximum absolute atomic E-state index is 13.0. The summed E-state index contributed by atoms with van der Waals surface area (Å²) in [5, 5.41) is 2.86. The minimum Gasteiger partial charge on any atom is -0.484 e. The molecule has 1 aliphatic rings. The number of likely N-dealkylation sites (tertiary alicyclic amines) is 1. The van der Waals surface area contributed by atoms with E-state index in [0.29, 0.717) is 24.6 Å². The summed E-state index contributed by atoms with van der Waals surface area (Å²) in [7, 11) is 0. The second-order valence-electron chi connectivity index (χ2n) is 7.05. The first-order chi connectivity index (χ1) is 13.0. The Hall–Kier alpha value is -1.73. The zero-order chi connectivity index (χ0) is 19.6. The molecule has 2 rings (SSSR count). The van der Waals surface area contributed by atoms with Crippen molar-refractivity contribution < 1.29 is 14.3 Å². The smallest absolute Gasteiger partial charge is 0.258 e. The monoisotopic (exact) mass is 393 g/mol. The number of para-hydroxylation sites is 1. The van der Waals surface area contributed by atoms with E-state index in [-0.39, 0.29) is 24.5 Å². The van der Waals surface area contributed by atoms with Gasteiger partial charge in [0, 0.05) is 19.1 Å². The molecular weight excluding hydrogens is 362 g/mol. The number of hydrogen-bond acceptors (Lipinski definition) is 5. The average Bonchev–Trinajstić information content (AvgIpc) is 2.69. The molecule has 7 heteroatoms. The van der Waals surface area contributed by atoms with Gasteiger partial charge in [-0.2, -0.15) is 11.8 Å². The molecule has 1 aliphatic heterocycles. The molecule has 1 aromatic carbocycles. The van der Waals surface area contributed by atoms with Crippen LogP contribution in [-0.2, 0) is 9.59 Å². The third kappa shape index (κ3) is 7.07. The first kappa shape index (κ1) is 21.6. The van der Waals surface area contributed by atoms with Crippen LogP contribution in [0.2, 0.25) is 0 Å². The van der Waals surface area contributed by atoms with Gasteiger partial charge in [0.1, 0.15) is 11.8 Å². The molecule has 2 amide bonds. The van der Waals surface area contributed by atoms with Crippen molar-refractivity contribution in [2.45, 2.75) is 38.3 Å². The minimum atomic E-state index is -0.517. The number of piperidine rings is 1. The van der Waals surface area contributed by atoms with Gasteiger partial charge in [-0.15, -0.1) is 0 Å². The van der Waals surface area contributed by atoms with E-state index in [9.17, 15) is 9.59 Å². The van der Waals surface area contributed by atoms with E-state index in [2.05, 4.69) is 5.32 Å². The fourth-order valence-corrected chi connectivity index (χ4v) is 3.73. The molecule has 0 aliphatic carbocycles. The summed E-state index contributed by atoms with van der Waals surface area (Å²) in [6.45, 7) is 3.29. The third-order valence-corrected chi connectivity index (χ3v) is 5.51. The lowest BCUT2D eigenvalue weighted by atomic mass is 9.91. The lowest BCUT2D eigenvalue weighted by molar-refractivity contribution is -0.138. The lowest BCUT2D eigenvalue weighted by Gasteiger charge is -2.36. The Morgan fingerprint density at radius 2 is 2.11 bits per heavy atom. The molecule has 0 radical (unpaired) electrons. The van der Waals surface area contributed by atoms with Gasteiger partial charge in [-0.3, -0.25) is 9.59 Å². The van der Waals surface area contributed by atoms with Gasteiger partial charge in [0.25, 0.3) is 5.91 Å². The molecule has 27 heavy (non-hydrogen) atoms. The van der Waals surface area contributed by atoms with Crippen LogP contribution < -0.4 is 15.8 Å². The number of thioether (sulfide) groups is 1. The molecule has 3 N–H and O–H groups in total. The number of nitrogens with one attached hydrogen (secondary N) is 1. The first-order valence-corrected chi connectivity index (χ1v) is 10.9. The molecule has 0 aromatic heterocycles. The SMILES string of the molecule is CSCCC(NC(=O)COc1ccccc1)C(=O)N1CCCC(C(C)N)C1. The average molecular weight is 394 g/mol. The second kappa shape index (κ2) is 11.2. The summed E-state index contributed by atoms with van der Waals surface area (Å²) in [5.74, 6) is 1.47. The highest BCUT2D eigenvalue weighted by Gasteiger charge is 2.30. The van der Waals surface area contributed by atoms with Crippen molar-refractivity contribution in [2.24, 2.45) is 11.7 Å². The highest BCUT2D eigenvalue weighted by molar-refractivity contribution is 7.98. The number of amides is 2. The molecule has 6 nitrogen and oxygen atoms in total. The predicted molar refractivity (Wildman–Crippen MR) is 110 cm³/mol. The summed E-state index contributed by atoms with van der Waals surface area (Å²) in [4.78, 5) is 27.2. The number of carbonyl (C=O) groups excluding carboxylic acids is 2. The molecule has 1 fully saturated rings. The zero-order valence-electron chi connectivity index (χ0n) is 16.2. The van der Waals surface area contributed by atoms with Gasteiger partial charge in [-0.05, 0) is 56.2 Å². The fraction of sp³-hybridized carbons (Fsp3) is 0.600. The lowest BCUT2D eigenvalue weighted by Crippen LogP contribution is -2.53. The van der Waals surface area contributed by atoms with Crippen LogP contribution >= 0.6 is 11.8 Å². The largest absolute Gasteiger partial charge is 0.484 e. The summed E-state index contributed by atoms with van der Waals surface area (Å²) >= 11 is 1.66. The van der Waals surface area contributed by atoms with Crippen LogP contribution in [0.3, 0.4) is 0 Å². The van der Waals surface area contributed by atoms with Gasteiger partial charge in [-0.1, -0.05) is 18.2 Å². The predicted octanol–water partition coefficient (Wildman–Crippen LogP) is 1.89. The molecular formula is C20H31N3O3S. The van der Waals surface area contributed by atoms with Gasteiger partial charge in [-0.25, -0.2) is 0 Å². The Labute approximate surface area is 166 Å². The summed E-state index contributed by atoms with van der Waals surface area (Å²) in [6, 6.07) is 8.73. The van der Waals surface area contributed by atoms with Crippen molar-refractivity contribution in [1.82, 2.24) is 10.2 Å². The van der Waals surface area contributed by atoms with E-state index >= 15 is 0 Å². The summed E-state index contributed by atoms with van der Waals surface area (Å²) in [6.07, 6.45) is 4.61. The summed E-state index contributed by atoms with van der Waals surface area (Å²) in [5.41, 5.74) is 6.03. The number of hydrogen-bond donors (Lipinski definition) is 2. The molecule has 3 atom stereocenters. The molecule has 1 aromatic rings. The van der Waals surface area contributed by atoms with Gasteiger partial charge in [0.2, 0.25) is 5.91 Å². The van der Waals surface area contributed by atoms with Gasteiger partial charge in [0.05, 0.1) is 0 Å². The Kier molecular flexibility index (Phi) is 8.94. The van der Waals surface area contributed by atoms with Crippen LogP contribution in [0.4, 0.5) is 0 Å². The summed E-state index contributed by atoms with van der Waals surface area (Å²) < 4.78 is 5.49. The molecule has 150 valence electrons. The van der Waals surface area contributed by atoms with Crippen LogP contribution in [0.5, 0.6) is 5.75 Å².